The van der Waals surface area contributed by atoms with Crippen LogP contribution in [0, 0.1) is 17.1 Å². The van der Waals surface area contributed by atoms with Crippen LogP contribution >= 0.6 is 0 Å². The number of benzene rings is 2. The zero-order valence-electron chi connectivity index (χ0n) is 17.0. The van der Waals surface area contributed by atoms with Gasteiger partial charge in [-0.1, -0.05) is 19.1 Å². The predicted molar refractivity (Wildman–Crippen MR) is 116 cm³/mol. The Labute approximate surface area is 180 Å². The van der Waals surface area contributed by atoms with E-state index < -0.39 is 15.8 Å². The Morgan fingerprint density at radius 3 is 2.29 bits per heavy atom. The highest BCUT2D eigenvalue weighted by Gasteiger charge is 2.18. The van der Waals surface area contributed by atoms with Crippen LogP contribution in [0.3, 0.4) is 0 Å². The first-order valence-electron chi connectivity index (χ1n) is 9.44. The molecule has 0 aliphatic heterocycles. The summed E-state index contributed by atoms with van der Waals surface area (Å²) in [5.41, 5.74) is 2.46. The maximum atomic E-state index is 13.5. The number of nitrogens with two attached hydrogens (primary N) is 1. The van der Waals surface area contributed by atoms with Gasteiger partial charge in [-0.25, -0.2) is 22.9 Å². The minimum Gasteiger partial charge on any atom is -0.443 e. The van der Waals surface area contributed by atoms with E-state index in [2.05, 4.69) is 11.1 Å². The minimum atomic E-state index is -3.84. The molecule has 0 unspecified atom stereocenters. The monoisotopic (exact) mass is 437 g/mol. The largest absolute Gasteiger partial charge is 0.443 e. The van der Waals surface area contributed by atoms with Crippen molar-refractivity contribution in [3.05, 3.63) is 77.8 Å². The molecular weight excluding hydrogens is 417 g/mol. The van der Waals surface area contributed by atoms with Gasteiger partial charge in [0.05, 0.1) is 10.6 Å². The van der Waals surface area contributed by atoms with Crippen LogP contribution in [-0.2, 0) is 10.0 Å². The average molecular weight is 437 g/mol. The number of ether oxygens (including phenoxy) is 1. The second-order valence-corrected chi connectivity index (χ2v) is 8.20. The maximum absolute atomic E-state index is 13.5. The molecular formula is C23H20FN3O3S. The standard InChI is InChI=1S/C23H20FN3O3S/c1-3-19(4-2)30-23-17(14-25)13-21(15-7-11-20(12-8-15)31(26,28)29)22(27-23)16-5-9-18(24)10-6-16/h3,5-13H,4H2,1-2H3,(H2,26,28,29). The fourth-order valence-electron chi connectivity index (χ4n) is 2.99. The van der Waals surface area contributed by atoms with Gasteiger partial charge in [0.1, 0.15) is 23.2 Å². The molecule has 0 saturated heterocycles. The third-order valence-electron chi connectivity index (χ3n) is 4.62. The molecule has 0 amide bonds. The van der Waals surface area contributed by atoms with Crippen LogP contribution in [-0.4, -0.2) is 13.4 Å². The zero-order valence-corrected chi connectivity index (χ0v) is 17.8. The second-order valence-electron chi connectivity index (χ2n) is 6.64. The molecule has 31 heavy (non-hydrogen) atoms. The molecule has 0 aliphatic carbocycles. The summed E-state index contributed by atoms with van der Waals surface area (Å²) in [6, 6.07) is 15.4. The zero-order chi connectivity index (χ0) is 22.6. The Kier molecular flexibility index (Phi) is 6.49. The van der Waals surface area contributed by atoms with Crippen molar-refractivity contribution in [2.24, 2.45) is 5.14 Å². The summed E-state index contributed by atoms with van der Waals surface area (Å²) in [4.78, 5) is 4.54. The first kappa shape index (κ1) is 22.2. The van der Waals surface area contributed by atoms with Gasteiger partial charge in [-0.15, -0.1) is 0 Å². The Hall–Kier alpha value is -3.54. The summed E-state index contributed by atoms with van der Waals surface area (Å²) in [5.74, 6) is 0.399. The molecule has 1 heterocycles. The number of sulfonamides is 1. The van der Waals surface area contributed by atoms with Crippen molar-refractivity contribution >= 4 is 10.0 Å². The van der Waals surface area contributed by atoms with Gasteiger partial charge in [-0.2, -0.15) is 5.26 Å². The highest BCUT2D eigenvalue weighted by Crippen LogP contribution is 2.35. The molecule has 158 valence electrons. The van der Waals surface area contributed by atoms with Gasteiger partial charge in [0.25, 0.3) is 0 Å². The van der Waals surface area contributed by atoms with Crippen molar-refractivity contribution in [2.75, 3.05) is 0 Å². The molecule has 0 spiro atoms. The molecule has 3 aromatic rings. The van der Waals surface area contributed by atoms with E-state index in [0.29, 0.717) is 34.6 Å². The van der Waals surface area contributed by atoms with Gasteiger partial charge in [-0.05, 0) is 61.0 Å². The molecule has 8 heteroatoms. The summed E-state index contributed by atoms with van der Waals surface area (Å²) in [6.07, 6.45) is 2.41. The van der Waals surface area contributed by atoms with Gasteiger partial charge in [0.2, 0.25) is 15.9 Å². The molecule has 0 fully saturated rings. The second kappa shape index (κ2) is 9.08. The normalized spacial score (nSPS) is 11.8. The van der Waals surface area contributed by atoms with E-state index in [1.165, 1.54) is 24.3 Å². The minimum absolute atomic E-state index is 0.0336. The smallest absolute Gasteiger partial charge is 0.238 e. The third-order valence-corrected chi connectivity index (χ3v) is 5.55. The lowest BCUT2D eigenvalue weighted by molar-refractivity contribution is 0.392. The third kappa shape index (κ3) is 4.97. The van der Waals surface area contributed by atoms with Crippen LogP contribution in [0.25, 0.3) is 22.4 Å². The first-order chi connectivity index (χ1) is 14.8. The highest BCUT2D eigenvalue weighted by atomic mass is 32.2. The lowest BCUT2D eigenvalue weighted by Crippen LogP contribution is -2.11. The van der Waals surface area contributed by atoms with E-state index in [0.717, 1.165) is 0 Å². The van der Waals surface area contributed by atoms with Crippen LogP contribution in [0.4, 0.5) is 4.39 Å². The van der Waals surface area contributed by atoms with Crippen molar-refractivity contribution in [3.8, 4) is 34.3 Å². The molecule has 0 saturated carbocycles. The van der Waals surface area contributed by atoms with E-state index in [1.54, 1.807) is 36.4 Å². The van der Waals surface area contributed by atoms with E-state index in [4.69, 9.17) is 9.88 Å². The van der Waals surface area contributed by atoms with Crippen LogP contribution in [0.1, 0.15) is 25.8 Å². The molecule has 6 nitrogen and oxygen atoms in total. The number of pyridine rings is 1. The molecule has 0 radical (unpaired) electrons. The number of hydrogen-bond acceptors (Lipinski definition) is 5. The number of hydrogen-bond donors (Lipinski definition) is 1. The Morgan fingerprint density at radius 1 is 1.16 bits per heavy atom. The summed E-state index contributed by atoms with van der Waals surface area (Å²) in [5, 5.41) is 14.8. The Bertz CT molecular complexity index is 1280. The van der Waals surface area contributed by atoms with E-state index >= 15 is 0 Å². The van der Waals surface area contributed by atoms with Crippen LogP contribution < -0.4 is 9.88 Å². The number of primary sulfonamides is 1. The van der Waals surface area contributed by atoms with E-state index in [-0.39, 0.29) is 16.3 Å². The fraction of sp³-hybridized carbons (Fsp3) is 0.130. The van der Waals surface area contributed by atoms with Crippen molar-refractivity contribution < 1.29 is 17.5 Å². The number of aromatic nitrogens is 1. The lowest BCUT2D eigenvalue weighted by Gasteiger charge is -2.15. The van der Waals surface area contributed by atoms with Crippen molar-refractivity contribution in [1.82, 2.24) is 4.98 Å². The highest BCUT2D eigenvalue weighted by molar-refractivity contribution is 7.89. The molecule has 2 aromatic carbocycles. The first-order valence-corrected chi connectivity index (χ1v) is 11.0. The fourth-order valence-corrected chi connectivity index (χ4v) is 3.50. The molecule has 3 rings (SSSR count). The number of rotatable bonds is 6. The quantitative estimate of drug-likeness (QED) is 0.559. The number of allylic oxidation sites excluding steroid dienone is 2. The predicted octanol–water partition coefficient (Wildman–Crippen LogP) is 4.77. The van der Waals surface area contributed by atoms with Gasteiger partial charge in [0, 0.05) is 17.5 Å². The number of nitrogens with zero attached hydrogens (tertiary/aromatic N) is 2. The number of nitriles is 1. The van der Waals surface area contributed by atoms with Gasteiger partial charge in [-0.3, -0.25) is 0 Å². The summed E-state index contributed by atoms with van der Waals surface area (Å²) in [6.45, 7) is 3.75. The lowest BCUT2D eigenvalue weighted by atomic mass is 9.98. The van der Waals surface area contributed by atoms with Gasteiger partial charge in [0.15, 0.2) is 0 Å². The Morgan fingerprint density at radius 2 is 1.77 bits per heavy atom. The molecule has 0 bridgehead atoms. The van der Waals surface area contributed by atoms with Gasteiger partial charge < -0.3 is 4.74 Å². The SMILES string of the molecule is CC=C(CC)Oc1nc(-c2ccc(F)cc2)c(-c2ccc(S(N)(=O)=O)cc2)cc1C#N. The van der Waals surface area contributed by atoms with Crippen LogP contribution in [0.5, 0.6) is 5.88 Å². The molecule has 1 aromatic heterocycles. The van der Waals surface area contributed by atoms with E-state index in [1.807, 2.05) is 13.8 Å². The van der Waals surface area contributed by atoms with Crippen LogP contribution in [0.15, 0.2) is 71.3 Å². The van der Waals surface area contributed by atoms with Crippen LogP contribution in [0.2, 0.25) is 0 Å². The molecule has 2 N–H and O–H groups in total. The van der Waals surface area contributed by atoms with Crippen molar-refractivity contribution in [3.63, 3.8) is 0 Å². The number of halogens is 1. The average Bonchev–Trinajstić information content (AvgIpc) is 2.77. The summed E-state index contributed by atoms with van der Waals surface area (Å²) >= 11 is 0. The summed E-state index contributed by atoms with van der Waals surface area (Å²) in [7, 11) is -3.84. The topological polar surface area (TPSA) is 106 Å². The van der Waals surface area contributed by atoms with Crippen molar-refractivity contribution in [1.29, 1.82) is 5.26 Å². The van der Waals surface area contributed by atoms with Gasteiger partial charge >= 0.3 is 0 Å². The Balaban J connectivity index is 2.23. The summed E-state index contributed by atoms with van der Waals surface area (Å²) < 4.78 is 42.5. The molecule has 0 atom stereocenters. The van der Waals surface area contributed by atoms with E-state index in [9.17, 15) is 18.1 Å². The maximum Gasteiger partial charge on any atom is 0.238 e. The van der Waals surface area contributed by atoms with Crippen molar-refractivity contribution in [2.45, 2.75) is 25.2 Å². The molecule has 0 aliphatic rings.